The molecule has 1 aliphatic carbocycles. The first-order chi connectivity index (χ1) is 9.04. The van der Waals surface area contributed by atoms with Crippen molar-refractivity contribution in [2.45, 2.75) is 44.6 Å². The van der Waals surface area contributed by atoms with Crippen molar-refractivity contribution in [3.63, 3.8) is 0 Å². The molecule has 0 amide bonds. The highest BCUT2D eigenvalue weighted by Crippen LogP contribution is 2.27. The van der Waals surface area contributed by atoms with Crippen LogP contribution in [0.2, 0.25) is 0 Å². The molecule has 112 valence electrons. The van der Waals surface area contributed by atoms with Crippen LogP contribution in [0.25, 0.3) is 0 Å². The first-order valence-electron chi connectivity index (χ1n) is 7.68. The van der Waals surface area contributed by atoms with Crippen molar-refractivity contribution in [1.29, 1.82) is 0 Å². The average Bonchev–Trinajstić information content (AvgIpc) is 2.39. The minimum Gasteiger partial charge on any atom is -0.311 e. The van der Waals surface area contributed by atoms with Gasteiger partial charge in [-0.3, -0.25) is 0 Å². The molecule has 2 fully saturated rings. The van der Waals surface area contributed by atoms with Gasteiger partial charge in [-0.25, -0.2) is 8.42 Å². The Morgan fingerprint density at radius 3 is 2.63 bits per heavy atom. The molecular weight excluding hydrogens is 260 g/mol. The van der Waals surface area contributed by atoms with E-state index in [9.17, 15) is 8.42 Å². The van der Waals surface area contributed by atoms with Crippen LogP contribution >= 0.6 is 0 Å². The molecule has 0 aromatic carbocycles. The number of rotatable bonds is 5. The topological polar surface area (TPSA) is 49.4 Å². The smallest absolute Gasteiger partial charge is 0.147 e. The van der Waals surface area contributed by atoms with E-state index in [4.69, 9.17) is 0 Å². The van der Waals surface area contributed by atoms with E-state index in [-0.39, 0.29) is 0 Å². The van der Waals surface area contributed by atoms with Gasteiger partial charge >= 0.3 is 0 Å². The molecule has 0 aromatic heterocycles. The summed E-state index contributed by atoms with van der Waals surface area (Å²) < 4.78 is 22.3. The first kappa shape index (κ1) is 15.3. The van der Waals surface area contributed by atoms with Gasteiger partial charge in [0.15, 0.2) is 0 Å². The Balaban J connectivity index is 1.73. The van der Waals surface area contributed by atoms with Crippen LogP contribution in [0.3, 0.4) is 0 Å². The third-order valence-electron chi connectivity index (χ3n) is 4.50. The Labute approximate surface area is 117 Å². The Kier molecular flexibility index (Phi) is 5.66. The minimum absolute atomic E-state index is 0.324. The number of hydrogen-bond donors (Lipinski definition) is 1. The van der Waals surface area contributed by atoms with E-state index in [0.29, 0.717) is 11.8 Å². The summed E-state index contributed by atoms with van der Waals surface area (Å²) in [6, 6.07) is 0.632. The van der Waals surface area contributed by atoms with Gasteiger partial charge in [-0.2, -0.15) is 0 Å². The van der Waals surface area contributed by atoms with Crippen LogP contribution in [0.5, 0.6) is 0 Å². The summed E-state index contributed by atoms with van der Waals surface area (Å²) in [6.45, 7) is 4.15. The van der Waals surface area contributed by atoms with Gasteiger partial charge in [-0.05, 0) is 31.7 Å². The first-order valence-corrected chi connectivity index (χ1v) is 9.74. The second-order valence-corrected chi connectivity index (χ2v) is 8.50. The predicted molar refractivity (Wildman–Crippen MR) is 79.1 cm³/mol. The fraction of sp³-hybridized carbons (Fsp3) is 1.00. The summed E-state index contributed by atoms with van der Waals surface area (Å²) in [6.07, 6.45) is 9.02. The van der Waals surface area contributed by atoms with E-state index >= 15 is 0 Å². The van der Waals surface area contributed by atoms with Crippen LogP contribution in [0.4, 0.5) is 0 Å². The van der Waals surface area contributed by atoms with Gasteiger partial charge < -0.3 is 10.2 Å². The molecular formula is C14H28N2O2S. The van der Waals surface area contributed by atoms with Crippen LogP contribution in [0.1, 0.15) is 38.5 Å². The lowest BCUT2D eigenvalue weighted by Gasteiger charge is -2.39. The molecule has 2 aliphatic rings. The molecule has 1 saturated carbocycles. The number of hydrogen-bond acceptors (Lipinski definition) is 4. The third kappa shape index (κ3) is 5.40. The zero-order valence-corrected chi connectivity index (χ0v) is 12.9. The molecule has 0 bridgehead atoms. The average molecular weight is 288 g/mol. The number of nitrogens with one attached hydrogen (secondary N) is 1. The minimum atomic E-state index is -2.80. The van der Waals surface area contributed by atoms with Crippen molar-refractivity contribution in [3.8, 4) is 0 Å². The van der Waals surface area contributed by atoms with Crippen LogP contribution in [-0.2, 0) is 9.84 Å². The van der Waals surface area contributed by atoms with E-state index in [1.54, 1.807) is 0 Å². The number of nitrogens with zero attached hydrogens (tertiary/aromatic N) is 1. The van der Waals surface area contributed by atoms with E-state index in [1.807, 2.05) is 0 Å². The standard InChI is InChI=1S/C14H28N2O2S/c1-19(17,18)11-5-9-16-10-8-15-14(12-16)13-6-3-2-4-7-13/h13-15H,2-12H2,1H3. The maximum atomic E-state index is 11.2. The molecule has 1 unspecified atom stereocenters. The Morgan fingerprint density at radius 2 is 1.95 bits per heavy atom. The van der Waals surface area contributed by atoms with Crippen molar-refractivity contribution in [3.05, 3.63) is 0 Å². The van der Waals surface area contributed by atoms with Gasteiger partial charge in [-0.15, -0.1) is 0 Å². The summed E-state index contributed by atoms with van der Waals surface area (Å²) in [5, 5.41) is 3.67. The van der Waals surface area contributed by atoms with Gasteiger partial charge in [0.25, 0.3) is 0 Å². The van der Waals surface area contributed by atoms with E-state index < -0.39 is 9.84 Å². The van der Waals surface area contributed by atoms with Gasteiger partial charge in [0.1, 0.15) is 9.84 Å². The fourth-order valence-corrected chi connectivity index (χ4v) is 4.10. The van der Waals surface area contributed by atoms with E-state index in [2.05, 4.69) is 10.2 Å². The maximum Gasteiger partial charge on any atom is 0.147 e. The Morgan fingerprint density at radius 1 is 1.21 bits per heavy atom. The van der Waals surface area contributed by atoms with Crippen LogP contribution in [0, 0.1) is 5.92 Å². The van der Waals surface area contributed by atoms with Crippen molar-refractivity contribution >= 4 is 9.84 Å². The van der Waals surface area contributed by atoms with Crippen molar-refractivity contribution in [2.75, 3.05) is 38.2 Å². The molecule has 0 spiro atoms. The summed E-state index contributed by atoms with van der Waals surface area (Å²) >= 11 is 0. The molecule has 19 heavy (non-hydrogen) atoms. The van der Waals surface area contributed by atoms with Gasteiger partial charge in [0.2, 0.25) is 0 Å². The Hall–Kier alpha value is -0.130. The zero-order chi connectivity index (χ0) is 13.7. The molecule has 0 aromatic rings. The number of sulfone groups is 1. The molecule has 1 saturated heterocycles. The lowest BCUT2D eigenvalue weighted by atomic mass is 9.83. The molecule has 1 N–H and O–H groups in total. The van der Waals surface area contributed by atoms with Crippen molar-refractivity contribution in [2.24, 2.45) is 5.92 Å². The van der Waals surface area contributed by atoms with Crippen molar-refractivity contribution in [1.82, 2.24) is 10.2 Å². The lowest BCUT2D eigenvalue weighted by molar-refractivity contribution is 0.146. The summed E-state index contributed by atoms with van der Waals surface area (Å²) in [5.74, 6) is 1.16. The monoisotopic (exact) mass is 288 g/mol. The van der Waals surface area contributed by atoms with Gasteiger partial charge in [-0.1, -0.05) is 19.3 Å². The quantitative estimate of drug-likeness (QED) is 0.828. The number of piperazine rings is 1. The van der Waals surface area contributed by atoms with Crippen LogP contribution in [-0.4, -0.2) is 57.5 Å². The molecule has 4 nitrogen and oxygen atoms in total. The van der Waals surface area contributed by atoms with Crippen LogP contribution in [0.15, 0.2) is 0 Å². The molecule has 5 heteroatoms. The lowest BCUT2D eigenvalue weighted by Crippen LogP contribution is -2.54. The normalized spacial score (nSPS) is 27.5. The highest BCUT2D eigenvalue weighted by atomic mass is 32.2. The second kappa shape index (κ2) is 7.04. The van der Waals surface area contributed by atoms with Crippen LogP contribution < -0.4 is 5.32 Å². The predicted octanol–water partition coefficient (Wildman–Crippen LogP) is 1.28. The SMILES string of the molecule is CS(=O)(=O)CCCN1CCNC(C2CCCCC2)C1. The van der Waals surface area contributed by atoms with Crippen molar-refractivity contribution < 1.29 is 8.42 Å². The zero-order valence-electron chi connectivity index (χ0n) is 12.1. The maximum absolute atomic E-state index is 11.2. The highest BCUT2D eigenvalue weighted by molar-refractivity contribution is 7.90. The molecule has 1 aliphatic heterocycles. The molecule has 2 rings (SSSR count). The summed E-state index contributed by atoms with van der Waals surface area (Å²) in [7, 11) is -2.80. The second-order valence-electron chi connectivity index (χ2n) is 6.24. The molecule has 1 heterocycles. The van der Waals surface area contributed by atoms with E-state index in [1.165, 1.54) is 38.4 Å². The largest absolute Gasteiger partial charge is 0.311 e. The molecule has 0 radical (unpaired) electrons. The highest BCUT2D eigenvalue weighted by Gasteiger charge is 2.27. The molecule has 1 atom stereocenters. The Bertz CT molecular complexity index is 364. The van der Waals surface area contributed by atoms with Gasteiger partial charge in [0.05, 0.1) is 5.75 Å². The third-order valence-corrected chi connectivity index (χ3v) is 5.53. The summed E-state index contributed by atoms with van der Waals surface area (Å²) in [4.78, 5) is 2.45. The van der Waals surface area contributed by atoms with E-state index in [0.717, 1.165) is 38.5 Å². The fourth-order valence-electron chi connectivity index (χ4n) is 3.45. The van der Waals surface area contributed by atoms with Gasteiger partial charge in [0, 0.05) is 31.9 Å². The summed E-state index contributed by atoms with van der Waals surface area (Å²) in [5.41, 5.74) is 0.